The van der Waals surface area contributed by atoms with E-state index < -0.39 is 0 Å². The summed E-state index contributed by atoms with van der Waals surface area (Å²) in [6.07, 6.45) is 2.23. The summed E-state index contributed by atoms with van der Waals surface area (Å²) in [5, 5.41) is 0. The van der Waals surface area contributed by atoms with Crippen LogP contribution < -0.4 is 4.57 Å². The van der Waals surface area contributed by atoms with E-state index in [1.165, 1.54) is 39.1 Å². The van der Waals surface area contributed by atoms with Gasteiger partial charge in [-0.05, 0) is 49.1 Å². The molecule has 3 rings (SSSR count). The van der Waals surface area contributed by atoms with Crippen LogP contribution in [0.5, 0.6) is 0 Å². The second-order valence-electron chi connectivity index (χ2n) is 6.00. The van der Waals surface area contributed by atoms with Gasteiger partial charge in [0.15, 0.2) is 6.20 Å². The molecule has 0 saturated carbocycles. The van der Waals surface area contributed by atoms with Crippen LogP contribution in [0.25, 0.3) is 22.4 Å². The van der Waals surface area contributed by atoms with Crippen LogP contribution in [0.2, 0.25) is 0 Å². The van der Waals surface area contributed by atoms with Crippen molar-refractivity contribution in [1.29, 1.82) is 0 Å². The normalized spacial score (nSPS) is 10.7. The molecule has 3 aromatic rings. The van der Waals surface area contributed by atoms with Crippen LogP contribution in [0.1, 0.15) is 16.7 Å². The van der Waals surface area contributed by atoms with Crippen molar-refractivity contribution in [1.82, 2.24) is 0 Å². The van der Waals surface area contributed by atoms with E-state index in [1.807, 2.05) is 0 Å². The Balaban J connectivity index is 2.25. The fourth-order valence-electron chi connectivity index (χ4n) is 3.08. The molecular weight excluding hydrogens is 266 g/mol. The van der Waals surface area contributed by atoms with Crippen molar-refractivity contribution in [2.45, 2.75) is 20.8 Å². The lowest BCUT2D eigenvalue weighted by molar-refractivity contribution is -0.660. The smallest absolute Gasteiger partial charge is 0.201 e. The maximum Gasteiger partial charge on any atom is 0.213 e. The first-order valence-electron chi connectivity index (χ1n) is 7.70. The molecule has 0 N–H and O–H groups in total. The minimum Gasteiger partial charge on any atom is -0.201 e. The zero-order chi connectivity index (χ0) is 15.7. The van der Waals surface area contributed by atoms with E-state index in [-0.39, 0.29) is 0 Å². The predicted octanol–water partition coefficient (Wildman–Crippen LogP) is 4.77. The lowest BCUT2D eigenvalue weighted by Gasteiger charge is -2.11. The van der Waals surface area contributed by atoms with Crippen molar-refractivity contribution in [2.24, 2.45) is 7.05 Å². The highest BCUT2D eigenvalue weighted by Gasteiger charge is 2.16. The van der Waals surface area contributed by atoms with E-state index in [9.17, 15) is 0 Å². The van der Waals surface area contributed by atoms with Crippen LogP contribution in [0, 0.1) is 20.8 Å². The lowest BCUT2D eigenvalue weighted by Crippen LogP contribution is -2.31. The number of hydrogen-bond donors (Lipinski definition) is 0. The van der Waals surface area contributed by atoms with Gasteiger partial charge < -0.3 is 0 Å². The van der Waals surface area contributed by atoms with Gasteiger partial charge in [0.05, 0.1) is 0 Å². The van der Waals surface area contributed by atoms with Crippen LogP contribution in [-0.4, -0.2) is 0 Å². The molecule has 0 bridgehead atoms. The van der Waals surface area contributed by atoms with E-state index in [1.54, 1.807) is 0 Å². The van der Waals surface area contributed by atoms with E-state index in [0.29, 0.717) is 0 Å². The van der Waals surface area contributed by atoms with Gasteiger partial charge in [-0.2, -0.15) is 0 Å². The summed E-state index contributed by atoms with van der Waals surface area (Å²) in [5.41, 5.74) is 9.09. The SMILES string of the molecule is Cc1ccccc1-c1cc(-c2ccccc2C)[n+](C)cc1C. The first-order chi connectivity index (χ1) is 10.6. The van der Waals surface area contributed by atoms with Crippen LogP contribution in [0.3, 0.4) is 0 Å². The minimum absolute atomic E-state index is 1.25. The summed E-state index contributed by atoms with van der Waals surface area (Å²) < 4.78 is 2.22. The van der Waals surface area contributed by atoms with Gasteiger partial charge in [0.2, 0.25) is 5.69 Å². The molecule has 1 heteroatoms. The molecule has 1 nitrogen and oxygen atoms in total. The molecule has 0 aliphatic rings. The molecule has 110 valence electrons. The fraction of sp³-hybridized carbons (Fsp3) is 0.190. The molecule has 0 fully saturated rings. The lowest BCUT2D eigenvalue weighted by atomic mass is 9.95. The average Bonchev–Trinajstić information content (AvgIpc) is 2.50. The summed E-state index contributed by atoms with van der Waals surface area (Å²) in [6, 6.07) is 19.5. The van der Waals surface area contributed by atoms with Crippen LogP contribution in [-0.2, 0) is 7.05 Å². The molecule has 1 aromatic heterocycles. The quantitative estimate of drug-likeness (QED) is 0.598. The summed E-state index contributed by atoms with van der Waals surface area (Å²) in [5.74, 6) is 0. The van der Waals surface area contributed by atoms with E-state index in [0.717, 1.165) is 0 Å². The molecule has 0 amide bonds. The van der Waals surface area contributed by atoms with Crippen LogP contribution >= 0.6 is 0 Å². The molecule has 0 unspecified atom stereocenters. The van der Waals surface area contributed by atoms with Gasteiger partial charge in [0, 0.05) is 17.2 Å². The highest BCUT2D eigenvalue weighted by atomic mass is 14.9. The van der Waals surface area contributed by atoms with Crippen molar-refractivity contribution < 1.29 is 4.57 Å². The Labute approximate surface area is 132 Å². The first-order valence-corrected chi connectivity index (χ1v) is 7.70. The number of hydrogen-bond acceptors (Lipinski definition) is 0. The van der Waals surface area contributed by atoms with Gasteiger partial charge in [-0.25, -0.2) is 4.57 Å². The average molecular weight is 288 g/mol. The molecule has 0 aliphatic heterocycles. The molecule has 0 radical (unpaired) electrons. The van der Waals surface area contributed by atoms with E-state index in [4.69, 9.17) is 0 Å². The monoisotopic (exact) mass is 288 g/mol. The Morgan fingerprint density at radius 2 is 1.18 bits per heavy atom. The highest BCUT2D eigenvalue weighted by molar-refractivity contribution is 5.74. The maximum absolute atomic E-state index is 2.32. The Morgan fingerprint density at radius 3 is 1.77 bits per heavy atom. The first kappa shape index (κ1) is 14.5. The standard InChI is InChI=1S/C21H22N/c1-15-9-5-7-11-18(15)20-13-21(22(4)14-17(20)3)19-12-8-6-10-16(19)2/h5-14H,1-4H3/q+1. The minimum atomic E-state index is 1.25. The Kier molecular flexibility index (Phi) is 3.81. The van der Waals surface area contributed by atoms with Gasteiger partial charge in [0.25, 0.3) is 0 Å². The summed E-state index contributed by atoms with van der Waals surface area (Å²) in [4.78, 5) is 0. The highest BCUT2D eigenvalue weighted by Crippen LogP contribution is 2.29. The maximum atomic E-state index is 2.32. The van der Waals surface area contributed by atoms with Crippen molar-refractivity contribution in [3.05, 3.63) is 77.5 Å². The van der Waals surface area contributed by atoms with Crippen molar-refractivity contribution in [2.75, 3.05) is 0 Å². The topological polar surface area (TPSA) is 3.88 Å². The third kappa shape index (κ3) is 2.55. The zero-order valence-corrected chi connectivity index (χ0v) is 13.7. The Morgan fingerprint density at radius 1 is 0.636 bits per heavy atom. The predicted molar refractivity (Wildman–Crippen MR) is 92.7 cm³/mol. The molecule has 0 spiro atoms. The number of aryl methyl sites for hydroxylation is 4. The molecule has 0 aliphatic carbocycles. The summed E-state index contributed by atoms with van der Waals surface area (Å²) in [7, 11) is 2.12. The third-order valence-electron chi connectivity index (χ3n) is 4.33. The number of rotatable bonds is 2. The van der Waals surface area contributed by atoms with Crippen LogP contribution in [0.4, 0.5) is 0 Å². The molecular formula is C21H22N+. The Hall–Kier alpha value is -2.41. The largest absolute Gasteiger partial charge is 0.213 e. The third-order valence-corrected chi connectivity index (χ3v) is 4.33. The fourth-order valence-corrected chi connectivity index (χ4v) is 3.08. The van der Waals surface area contributed by atoms with Gasteiger partial charge in [0.1, 0.15) is 7.05 Å². The molecule has 2 aromatic carbocycles. The Bertz CT molecular complexity index is 764. The van der Waals surface area contributed by atoms with E-state index >= 15 is 0 Å². The molecule has 0 saturated heterocycles. The van der Waals surface area contributed by atoms with Gasteiger partial charge in [-0.3, -0.25) is 0 Å². The van der Waals surface area contributed by atoms with Crippen molar-refractivity contribution >= 4 is 0 Å². The number of benzene rings is 2. The van der Waals surface area contributed by atoms with Crippen LogP contribution in [0.15, 0.2) is 60.8 Å². The number of aromatic nitrogens is 1. The van der Waals surface area contributed by atoms with Crippen molar-refractivity contribution in [3.63, 3.8) is 0 Å². The van der Waals surface area contributed by atoms with Gasteiger partial charge in [-0.1, -0.05) is 42.5 Å². The van der Waals surface area contributed by atoms with Crippen molar-refractivity contribution in [3.8, 4) is 22.4 Å². The molecule has 22 heavy (non-hydrogen) atoms. The van der Waals surface area contributed by atoms with Gasteiger partial charge in [-0.15, -0.1) is 0 Å². The summed E-state index contributed by atoms with van der Waals surface area (Å²) in [6.45, 7) is 6.53. The number of nitrogens with zero attached hydrogens (tertiary/aromatic N) is 1. The van der Waals surface area contributed by atoms with E-state index in [2.05, 4.69) is 93.2 Å². The van der Waals surface area contributed by atoms with Gasteiger partial charge >= 0.3 is 0 Å². The molecule has 0 atom stereocenters. The summed E-state index contributed by atoms with van der Waals surface area (Å²) >= 11 is 0. The number of pyridine rings is 1. The second kappa shape index (κ2) is 5.76. The molecule has 1 heterocycles. The zero-order valence-electron chi connectivity index (χ0n) is 13.7. The second-order valence-corrected chi connectivity index (χ2v) is 6.00.